The summed E-state index contributed by atoms with van der Waals surface area (Å²) in [5, 5.41) is 7.06. The highest BCUT2D eigenvalue weighted by Gasteiger charge is 2.28. The van der Waals surface area contributed by atoms with E-state index < -0.39 is 21.2 Å². The van der Waals surface area contributed by atoms with Crippen LogP contribution in [0.25, 0.3) is 0 Å². The summed E-state index contributed by atoms with van der Waals surface area (Å²) in [6.07, 6.45) is 0. The van der Waals surface area contributed by atoms with Gasteiger partial charge < -0.3 is 5.11 Å². The van der Waals surface area contributed by atoms with E-state index >= 15 is 0 Å². The highest BCUT2D eigenvalue weighted by atomic mass is 35.5. The maximum atomic E-state index is 11.7. The Morgan fingerprint density at radius 1 is 1.50 bits per heavy atom. The summed E-state index contributed by atoms with van der Waals surface area (Å²) in [7, 11) is -4.09. The number of sulfonamides is 1. The van der Waals surface area contributed by atoms with Gasteiger partial charge in [-0.15, -0.1) is 0 Å². The summed E-state index contributed by atoms with van der Waals surface area (Å²) in [5.41, 5.74) is 0.468. The molecule has 0 aliphatic rings. The van der Waals surface area contributed by atoms with E-state index in [2.05, 4.69) is 9.71 Å². The average Bonchev–Trinajstić information content (AvgIpc) is 2.22. The quantitative estimate of drug-likeness (QED) is 0.828. The minimum Gasteiger partial charge on any atom is -0.480 e. The molecule has 0 radical (unpaired) electrons. The van der Waals surface area contributed by atoms with E-state index in [1.54, 1.807) is 6.92 Å². The predicted molar refractivity (Wildman–Crippen MR) is 68.6 cm³/mol. The Bertz CT molecular complexity index is 565. The van der Waals surface area contributed by atoms with Crippen molar-refractivity contribution in [1.82, 2.24) is 4.98 Å². The number of hydrogen-bond acceptors (Lipinski definition) is 4. The van der Waals surface area contributed by atoms with Crippen molar-refractivity contribution >= 4 is 44.9 Å². The summed E-state index contributed by atoms with van der Waals surface area (Å²) in [6.45, 7) is 2.62. The van der Waals surface area contributed by atoms with E-state index in [0.717, 1.165) is 6.92 Å². The predicted octanol–water partition coefficient (Wildman–Crippen LogP) is 1.91. The van der Waals surface area contributed by atoms with Crippen LogP contribution >= 0.6 is 23.2 Å². The lowest BCUT2D eigenvalue weighted by Gasteiger charge is -2.14. The van der Waals surface area contributed by atoms with Gasteiger partial charge in [0.05, 0.1) is 5.69 Å². The summed E-state index contributed by atoms with van der Waals surface area (Å²) < 4.78 is 25.5. The Morgan fingerprint density at radius 2 is 2.06 bits per heavy atom. The Labute approximate surface area is 114 Å². The fraction of sp³-hybridized carbons (Fsp3) is 0.333. The van der Waals surface area contributed by atoms with Crippen LogP contribution in [0.3, 0.4) is 0 Å². The molecular formula is C9H10Cl2N2O4S. The normalized spacial score (nSPS) is 13.1. The molecule has 1 unspecified atom stereocenters. The number of halogens is 2. The molecule has 18 heavy (non-hydrogen) atoms. The van der Waals surface area contributed by atoms with E-state index in [1.807, 2.05) is 0 Å². The second-order valence-corrected chi connectivity index (χ2v) is 6.30. The minimum atomic E-state index is -4.09. The first-order valence-corrected chi connectivity index (χ1v) is 7.02. The van der Waals surface area contributed by atoms with Gasteiger partial charge in [-0.3, -0.25) is 9.52 Å². The standard InChI is InChI=1S/C9H10Cl2N2O4S/c1-4-3-6(10)12-8(11)7(4)13-18(16,17)5(2)9(14)15/h3,5,13H,1-2H3,(H,14,15). The van der Waals surface area contributed by atoms with Gasteiger partial charge in [0, 0.05) is 0 Å². The third kappa shape index (κ3) is 3.24. The van der Waals surface area contributed by atoms with Crippen molar-refractivity contribution in [3.63, 3.8) is 0 Å². The van der Waals surface area contributed by atoms with Crippen molar-refractivity contribution < 1.29 is 18.3 Å². The fourth-order valence-electron chi connectivity index (χ4n) is 1.08. The van der Waals surface area contributed by atoms with Gasteiger partial charge in [0.1, 0.15) is 5.15 Å². The molecule has 100 valence electrons. The summed E-state index contributed by atoms with van der Waals surface area (Å²) in [5.74, 6) is -1.46. The topological polar surface area (TPSA) is 96.4 Å². The molecule has 1 heterocycles. The Hall–Kier alpha value is -1.05. The van der Waals surface area contributed by atoms with Gasteiger partial charge in [-0.1, -0.05) is 23.2 Å². The number of nitrogens with zero attached hydrogens (tertiary/aromatic N) is 1. The average molecular weight is 313 g/mol. The number of nitrogens with one attached hydrogen (secondary N) is 1. The van der Waals surface area contributed by atoms with Crippen LogP contribution in [-0.2, 0) is 14.8 Å². The Balaban J connectivity index is 3.17. The van der Waals surface area contributed by atoms with Crippen LogP contribution in [0.15, 0.2) is 6.07 Å². The van der Waals surface area contributed by atoms with Crippen LogP contribution in [0.1, 0.15) is 12.5 Å². The van der Waals surface area contributed by atoms with Gasteiger partial charge in [0.2, 0.25) is 10.0 Å². The number of carboxylic acids is 1. The number of aliphatic carboxylic acids is 1. The number of aromatic nitrogens is 1. The molecular weight excluding hydrogens is 303 g/mol. The highest BCUT2D eigenvalue weighted by Crippen LogP contribution is 2.27. The first kappa shape index (κ1) is 15.0. The van der Waals surface area contributed by atoms with Crippen LogP contribution < -0.4 is 4.72 Å². The highest BCUT2D eigenvalue weighted by molar-refractivity contribution is 7.94. The first-order valence-electron chi connectivity index (χ1n) is 4.72. The molecule has 0 fully saturated rings. The number of pyridine rings is 1. The lowest BCUT2D eigenvalue weighted by Crippen LogP contribution is -2.32. The van der Waals surface area contributed by atoms with Gasteiger partial charge >= 0.3 is 5.97 Å². The molecule has 0 aliphatic carbocycles. The SMILES string of the molecule is Cc1cc(Cl)nc(Cl)c1NS(=O)(=O)C(C)C(=O)O. The summed E-state index contributed by atoms with van der Waals surface area (Å²) >= 11 is 11.4. The maximum Gasteiger partial charge on any atom is 0.323 e. The molecule has 0 bridgehead atoms. The number of carboxylic acid groups (broad SMARTS) is 1. The Kier molecular flexibility index (Phi) is 4.41. The molecule has 1 aromatic heterocycles. The number of hydrogen-bond donors (Lipinski definition) is 2. The summed E-state index contributed by atoms with van der Waals surface area (Å²) in [6, 6.07) is 1.41. The van der Waals surface area contributed by atoms with Gasteiger partial charge in [-0.05, 0) is 25.5 Å². The molecule has 0 saturated heterocycles. The van der Waals surface area contributed by atoms with E-state index in [1.165, 1.54) is 6.07 Å². The van der Waals surface area contributed by atoms with E-state index in [9.17, 15) is 13.2 Å². The minimum absolute atomic E-state index is 0.0224. The van der Waals surface area contributed by atoms with Crippen molar-refractivity contribution in [2.24, 2.45) is 0 Å². The van der Waals surface area contributed by atoms with Gasteiger partial charge in [0.25, 0.3) is 0 Å². The molecule has 0 aromatic carbocycles. The zero-order valence-electron chi connectivity index (χ0n) is 9.44. The van der Waals surface area contributed by atoms with Crippen molar-refractivity contribution in [2.75, 3.05) is 4.72 Å². The van der Waals surface area contributed by atoms with Crippen molar-refractivity contribution in [3.8, 4) is 0 Å². The van der Waals surface area contributed by atoms with Crippen LogP contribution in [0.5, 0.6) is 0 Å². The van der Waals surface area contributed by atoms with Gasteiger partial charge in [-0.2, -0.15) is 0 Å². The van der Waals surface area contributed by atoms with Gasteiger partial charge in [0.15, 0.2) is 10.4 Å². The van der Waals surface area contributed by atoms with Crippen molar-refractivity contribution in [2.45, 2.75) is 19.1 Å². The number of rotatable bonds is 4. The monoisotopic (exact) mass is 312 g/mol. The second-order valence-electron chi connectivity index (χ2n) is 3.56. The third-order valence-electron chi connectivity index (χ3n) is 2.20. The lowest BCUT2D eigenvalue weighted by atomic mass is 10.3. The number of anilines is 1. The molecule has 0 saturated carbocycles. The molecule has 1 atom stereocenters. The molecule has 1 rings (SSSR count). The lowest BCUT2D eigenvalue weighted by molar-refractivity contribution is -0.136. The van der Waals surface area contributed by atoms with Crippen LogP contribution in [0.4, 0.5) is 5.69 Å². The van der Waals surface area contributed by atoms with Crippen molar-refractivity contribution in [3.05, 3.63) is 21.9 Å². The maximum absolute atomic E-state index is 11.7. The largest absolute Gasteiger partial charge is 0.480 e. The van der Waals surface area contributed by atoms with Crippen LogP contribution in [-0.4, -0.2) is 29.7 Å². The molecule has 0 amide bonds. The molecule has 1 aromatic rings. The third-order valence-corrected chi connectivity index (χ3v) is 4.29. The number of aryl methyl sites for hydroxylation is 1. The summed E-state index contributed by atoms with van der Waals surface area (Å²) in [4.78, 5) is 14.4. The van der Waals surface area contributed by atoms with Gasteiger partial charge in [-0.25, -0.2) is 13.4 Å². The molecule has 2 N–H and O–H groups in total. The fourth-order valence-corrected chi connectivity index (χ4v) is 2.70. The smallest absolute Gasteiger partial charge is 0.323 e. The molecule has 9 heteroatoms. The Morgan fingerprint density at radius 3 is 2.50 bits per heavy atom. The van der Waals surface area contributed by atoms with E-state index in [0.29, 0.717) is 5.56 Å². The van der Waals surface area contributed by atoms with E-state index in [-0.39, 0.29) is 16.0 Å². The zero-order chi connectivity index (χ0) is 14.1. The molecule has 0 aliphatic heterocycles. The molecule has 6 nitrogen and oxygen atoms in total. The zero-order valence-corrected chi connectivity index (χ0v) is 11.8. The number of carbonyl (C=O) groups is 1. The first-order chi connectivity index (χ1) is 8.15. The van der Waals surface area contributed by atoms with Crippen LogP contribution in [0, 0.1) is 6.92 Å². The van der Waals surface area contributed by atoms with Crippen LogP contribution in [0.2, 0.25) is 10.3 Å². The second kappa shape index (κ2) is 5.29. The van der Waals surface area contributed by atoms with Crippen molar-refractivity contribution in [1.29, 1.82) is 0 Å². The van der Waals surface area contributed by atoms with E-state index in [4.69, 9.17) is 28.3 Å². The molecule has 0 spiro atoms.